The highest BCUT2D eigenvalue weighted by Gasteiger charge is 2.40. The van der Waals surface area contributed by atoms with Crippen LogP contribution in [0.1, 0.15) is 20.3 Å². The molecule has 2 unspecified atom stereocenters. The van der Waals surface area contributed by atoms with Crippen molar-refractivity contribution < 1.29 is 22.1 Å². The summed E-state index contributed by atoms with van der Waals surface area (Å²) in [6.07, 6.45) is -0.736. The quantitative estimate of drug-likeness (QED) is 0.625. The first-order valence-corrected chi connectivity index (χ1v) is 5.11. The highest BCUT2D eigenvalue weighted by molar-refractivity contribution is 7.75. The molecule has 6 heteroatoms. The monoisotopic (exact) mass is 208 g/mol. The average Bonchev–Trinajstić information content (AvgIpc) is 2.47. The minimum Gasteiger partial charge on any atom is -0.464 e. The molecule has 1 rings (SSSR count). The maximum atomic E-state index is 11.2. The number of hydrogen-bond donors (Lipinski definition) is 0. The van der Waals surface area contributed by atoms with Gasteiger partial charge in [0.2, 0.25) is 6.10 Å². The lowest BCUT2D eigenvalue weighted by Crippen LogP contribution is -2.32. The minimum atomic E-state index is -1.81. The van der Waals surface area contributed by atoms with Crippen LogP contribution in [-0.4, -0.2) is 29.0 Å². The zero-order valence-corrected chi connectivity index (χ0v) is 8.33. The standard InChI is InChI=1S/C7H12O5S/c1-3-5-6(7(8)10-4-2)12-13(9)11-5/h5-6H,3-4H2,1-2H3/t5?,6-,13?/m0/s1. The Morgan fingerprint density at radius 2 is 2.15 bits per heavy atom. The largest absolute Gasteiger partial charge is 0.464 e. The van der Waals surface area contributed by atoms with Crippen LogP contribution < -0.4 is 0 Å². The summed E-state index contributed by atoms with van der Waals surface area (Å²) >= 11 is -1.81. The average molecular weight is 208 g/mol. The van der Waals surface area contributed by atoms with Crippen LogP contribution in [-0.2, 0) is 29.3 Å². The van der Waals surface area contributed by atoms with E-state index in [0.29, 0.717) is 6.42 Å². The Balaban J connectivity index is 2.57. The Labute approximate surface area is 79.2 Å². The van der Waals surface area contributed by atoms with Crippen LogP contribution in [0.15, 0.2) is 0 Å². The van der Waals surface area contributed by atoms with Crippen molar-refractivity contribution >= 4 is 17.3 Å². The fourth-order valence-corrected chi connectivity index (χ4v) is 1.87. The molecule has 5 nitrogen and oxygen atoms in total. The van der Waals surface area contributed by atoms with Gasteiger partial charge in [-0.15, -0.1) is 0 Å². The van der Waals surface area contributed by atoms with Gasteiger partial charge in [-0.3, -0.25) is 8.37 Å². The fraction of sp³-hybridized carbons (Fsp3) is 0.857. The normalized spacial score (nSPS) is 33.2. The molecular formula is C7H12O5S. The molecule has 0 saturated carbocycles. The molecule has 0 aromatic rings. The van der Waals surface area contributed by atoms with Crippen LogP contribution in [0.3, 0.4) is 0 Å². The van der Waals surface area contributed by atoms with Gasteiger partial charge in [-0.1, -0.05) is 6.92 Å². The van der Waals surface area contributed by atoms with Crippen molar-refractivity contribution in [3.63, 3.8) is 0 Å². The van der Waals surface area contributed by atoms with Crippen molar-refractivity contribution in [3.05, 3.63) is 0 Å². The molecule has 0 N–H and O–H groups in total. The molecular weight excluding hydrogens is 196 g/mol. The molecule has 0 radical (unpaired) electrons. The van der Waals surface area contributed by atoms with Gasteiger partial charge in [-0.25, -0.2) is 4.79 Å². The Morgan fingerprint density at radius 3 is 2.69 bits per heavy atom. The predicted octanol–water partition coefficient (Wildman–Crippen LogP) is 0.322. The van der Waals surface area contributed by atoms with E-state index >= 15 is 0 Å². The molecule has 1 aliphatic heterocycles. The van der Waals surface area contributed by atoms with E-state index in [1.54, 1.807) is 6.92 Å². The van der Waals surface area contributed by atoms with Gasteiger partial charge in [0.05, 0.1) is 6.61 Å². The number of hydrogen-bond acceptors (Lipinski definition) is 5. The molecule has 0 aromatic carbocycles. The van der Waals surface area contributed by atoms with E-state index in [4.69, 9.17) is 13.1 Å². The van der Waals surface area contributed by atoms with Gasteiger partial charge >= 0.3 is 17.3 Å². The summed E-state index contributed by atoms with van der Waals surface area (Å²) in [6, 6.07) is 0. The second-order valence-electron chi connectivity index (χ2n) is 2.52. The molecule has 0 aromatic heterocycles. The van der Waals surface area contributed by atoms with Gasteiger partial charge in [0, 0.05) is 0 Å². The molecule has 0 aliphatic carbocycles. The lowest BCUT2D eigenvalue weighted by Gasteiger charge is -2.10. The highest BCUT2D eigenvalue weighted by Crippen LogP contribution is 2.20. The smallest absolute Gasteiger partial charge is 0.339 e. The number of carbonyl (C=O) groups is 1. The maximum absolute atomic E-state index is 11.2. The lowest BCUT2D eigenvalue weighted by atomic mass is 10.1. The zero-order chi connectivity index (χ0) is 9.84. The van der Waals surface area contributed by atoms with Gasteiger partial charge in [0.25, 0.3) is 0 Å². The maximum Gasteiger partial charge on any atom is 0.339 e. The second-order valence-corrected chi connectivity index (χ2v) is 3.31. The van der Waals surface area contributed by atoms with Crippen LogP contribution in [0.4, 0.5) is 0 Å². The molecule has 1 saturated heterocycles. The SMILES string of the molecule is CCOC(=O)[C@H]1OS(=O)OC1CC. The summed E-state index contributed by atoms with van der Waals surface area (Å²) in [4.78, 5) is 11.2. The third-order valence-corrected chi connectivity index (χ3v) is 2.41. The zero-order valence-electron chi connectivity index (χ0n) is 7.52. The van der Waals surface area contributed by atoms with Gasteiger partial charge < -0.3 is 4.74 Å². The summed E-state index contributed by atoms with van der Waals surface area (Å²) in [5.41, 5.74) is 0. The fourth-order valence-electron chi connectivity index (χ4n) is 1.02. The van der Waals surface area contributed by atoms with Gasteiger partial charge in [-0.05, 0) is 13.3 Å². The molecule has 13 heavy (non-hydrogen) atoms. The van der Waals surface area contributed by atoms with Gasteiger partial charge in [0.1, 0.15) is 6.10 Å². The highest BCUT2D eigenvalue weighted by atomic mass is 32.2. The van der Waals surface area contributed by atoms with E-state index < -0.39 is 29.5 Å². The number of rotatable bonds is 3. The van der Waals surface area contributed by atoms with E-state index in [1.165, 1.54) is 0 Å². The van der Waals surface area contributed by atoms with Crippen LogP contribution in [0.5, 0.6) is 0 Å². The van der Waals surface area contributed by atoms with Crippen LogP contribution in [0, 0.1) is 0 Å². The van der Waals surface area contributed by atoms with E-state index in [2.05, 4.69) is 0 Å². The summed E-state index contributed by atoms with van der Waals surface area (Å²) in [7, 11) is 0. The molecule has 0 amide bonds. The van der Waals surface area contributed by atoms with E-state index in [-0.39, 0.29) is 6.61 Å². The van der Waals surface area contributed by atoms with Crippen molar-refractivity contribution in [3.8, 4) is 0 Å². The van der Waals surface area contributed by atoms with Crippen LogP contribution >= 0.6 is 0 Å². The molecule has 1 fully saturated rings. The third kappa shape index (κ3) is 2.49. The predicted molar refractivity (Wildman–Crippen MR) is 44.8 cm³/mol. The summed E-state index contributed by atoms with van der Waals surface area (Å²) in [6.45, 7) is 3.80. The van der Waals surface area contributed by atoms with E-state index in [0.717, 1.165) is 0 Å². The first-order valence-electron chi connectivity index (χ1n) is 4.11. The van der Waals surface area contributed by atoms with Crippen molar-refractivity contribution in [2.24, 2.45) is 0 Å². The van der Waals surface area contributed by atoms with Crippen molar-refractivity contribution in [1.82, 2.24) is 0 Å². The molecule has 0 spiro atoms. The Morgan fingerprint density at radius 1 is 1.46 bits per heavy atom. The Bertz CT molecular complexity index is 217. The summed E-state index contributed by atoms with van der Waals surface area (Å²) in [5, 5.41) is 0. The number of esters is 1. The van der Waals surface area contributed by atoms with E-state index in [1.807, 2.05) is 6.92 Å². The van der Waals surface area contributed by atoms with Crippen molar-refractivity contribution in [1.29, 1.82) is 0 Å². The van der Waals surface area contributed by atoms with Crippen molar-refractivity contribution in [2.45, 2.75) is 32.5 Å². The lowest BCUT2D eigenvalue weighted by molar-refractivity contribution is -0.152. The van der Waals surface area contributed by atoms with Gasteiger partial charge in [-0.2, -0.15) is 4.21 Å². The number of ether oxygens (including phenoxy) is 1. The summed E-state index contributed by atoms with van der Waals surface area (Å²) < 4.78 is 25.1. The summed E-state index contributed by atoms with van der Waals surface area (Å²) in [5.74, 6) is -0.514. The first kappa shape index (κ1) is 10.6. The molecule has 1 aliphatic rings. The first-order chi connectivity index (χ1) is 6.19. The van der Waals surface area contributed by atoms with Crippen LogP contribution in [0.25, 0.3) is 0 Å². The number of carbonyl (C=O) groups excluding carboxylic acids is 1. The van der Waals surface area contributed by atoms with Crippen LogP contribution in [0.2, 0.25) is 0 Å². The topological polar surface area (TPSA) is 61.8 Å². The third-order valence-electron chi connectivity index (χ3n) is 1.64. The Kier molecular flexibility index (Phi) is 3.83. The molecule has 1 heterocycles. The molecule has 3 atom stereocenters. The van der Waals surface area contributed by atoms with Gasteiger partial charge in [0.15, 0.2) is 0 Å². The molecule has 76 valence electrons. The molecule has 0 bridgehead atoms. The van der Waals surface area contributed by atoms with Crippen molar-refractivity contribution in [2.75, 3.05) is 6.61 Å². The van der Waals surface area contributed by atoms with E-state index in [9.17, 15) is 9.00 Å². The Hall–Kier alpha value is -0.460. The second kappa shape index (κ2) is 4.69. The minimum absolute atomic E-state index is 0.280.